The number of rotatable bonds is 4. The summed E-state index contributed by atoms with van der Waals surface area (Å²) in [5.74, 6) is 0. The molecule has 0 aliphatic rings. The van der Waals surface area contributed by atoms with E-state index in [1.807, 2.05) is 0 Å². The first-order valence-electron chi connectivity index (χ1n) is 5.41. The molecule has 0 radical (unpaired) electrons. The van der Waals surface area contributed by atoms with Gasteiger partial charge in [0.1, 0.15) is 0 Å². The summed E-state index contributed by atoms with van der Waals surface area (Å²) in [6.07, 6.45) is 7.01. The molecule has 0 amide bonds. The van der Waals surface area contributed by atoms with Crippen molar-refractivity contribution in [3.63, 3.8) is 0 Å². The molecular formula is C12H28. The van der Waals surface area contributed by atoms with Gasteiger partial charge in [0.05, 0.1) is 0 Å². The van der Waals surface area contributed by atoms with E-state index in [1.54, 1.807) is 0 Å². The minimum Gasteiger partial charge on any atom is -0.0654 e. The van der Waals surface area contributed by atoms with Crippen molar-refractivity contribution in [1.82, 2.24) is 0 Å². The lowest BCUT2D eigenvalue weighted by atomic mass is 10.0. The second-order valence-corrected chi connectivity index (χ2v) is 5.06. The van der Waals surface area contributed by atoms with Gasteiger partial charge in [0.25, 0.3) is 0 Å². The van der Waals surface area contributed by atoms with Crippen molar-refractivity contribution in [1.29, 1.82) is 0 Å². The second kappa shape index (κ2) is 9.09. The lowest BCUT2D eigenvalue weighted by Crippen LogP contribution is -1.93. The average Bonchev–Trinajstić information content (AvgIpc) is 1.85. The average molecular weight is 172 g/mol. The second-order valence-electron chi connectivity index (χ2n) is 5.06. The van der Waals surface area contributed by atoms with Crippen LogP contribution in [0.2, 0.25) is 0 Å². The van der Waals surface area contributed by atoms with Crippen LogP contribution in [-0.2, 0) is 0 Å². The van der Waals surface area contributed by atoms with E-state index in [4.69, 9.17) is 0 Å². The Bertz CT molecular complexity index is 56.6. The number of hydrogen-bond donors (Lipinski definition) is 0. The van der Waals surface area contributed by atoms with Crippen LogP contribution in [-0.4, -0.2) is 0 Å². The van der Waals surface area contributed by atoms with Crippen molar-refractivity contribution in [3.8, 4) is 0 Å². The molecule has 12 heavy (non-hydrogen) atoms. The SMILES string of the molecule is CC(C)(C)C.CCCCCCC. The van der Waals surface area contributed by atoms with Gasteiger partial charge < -0.3 is 0 Å². The Morgan fingerprint density at radius 1 is 0.667 bits per heavy atom. The first-order valence-corrected chi connectivity index (χ1v) is 5.41. The molecule has 0 heteroatoms. The van der Waals surface area contributed by atoms with Gasteiger partial charge in [0.15, 0.2) is 0 Å². The van der Waals surface area contributed by atoms with E-state index in [2.05, 4.69) is 41.5 Å². The van der Waals surface area contributed by atoms with Gasteiger partial charge in [-0.25, -0.2) is 0 Å². The van der Waals surface area contributed by atoms with Crippen molar-refractivity contribution in [3.05, 3.63) is 0 Å². The van der Waals surface area contributed by atoms with Gasteiger partial charge in [-0.15, -0.1) is 0 Å². The van der Waals surface area contributed by atoms with E-state index in [-0.39, 0.29) is 0 Å². The molecule has 0 saturated carbocycles. The standard InChI is InChI=1S/C7H16.C5H12/c1-3-5-7-6-4-2;1-5(2,3)4/h3-7H2,1-2H3;1-4H3. The number of hydrogen-bond acceptors (Lipinski definition) is 0. The van der Waals surface area contributed by atoms with Crippen LogP contribution in [0.1, 0.15) is 73.6 Å². The zero-order valence-corrected chi connectivity index (χ0v) is 10.0. The van der Waals surface area contributed by atoms with Crippen LogP contribution < -0.4 is 0 Å². The van der Waals surface area contributed by atoms with Gasteiger partial charge in [-0.1, -0.05) is 73.6 Å². The zero-order valence-electron chi connectivity index (χ0n) is 10.0. The molecule has 76 valence electrons. The van der Waals surface area contributed by atoms with Gasteiger partial charge in [-0.2, -0.15) is 0 Å². The highest BCUT2D eigenvalue weighted by atomic mass is 14.0. The summed E-state index contributed by atoms with van der Waals surface area (Å²) in [5.41, 5.74) is 0.500. The third-order valence-electron chi connectivity index (χ3n) is 1.21. The Morgan fingerprint density at radius 3 is 1.08 bits per heavy atom. The van der Waals surface area contributed by atoms with Crippen LogP contribution >= 0.6 is 0 Å². The Hall–Kier alpha value is 0. The smallest absolute Gasteiger partial charge is 0.0411 e. The Kier molecular flexibility index (Phi) is 11.0. The quantitative estimate of drug-likeness (QED) is 0.522. The molecule has 0 atom stereocenters. The maximum Gasteiger partial charge on any atom is -0.0411 e. The first kappa shape index (κ1) is 14.5. The molecule has 0 bridgehead atoms. The minimum atomic E-state index is 0.500. The van der Waals surface area contributed by atoms with Crippen molar-refractivity contribution in [2.24, 2.45) is 5.41 Å². The Balaban J connectivity index is 0. The molecule has 0 saturated heterocycles. The molecule has 0 spiro atoms. The summed E-state index contributed by atoms with van der Waals surface area (Å²) < 4.78 is 0. The minimum absolute atomic E-state index is 0.500. The summed E-state index contributed by atoms with van der Waals surface area (Å²) in [4.78, 5) is 0. The molecule has 0 aromatic rings. The predicted molar refractivity (Wildman–Crippen MR) is 59.6 cm³/mol. The molecule has 0 heterocycles. The largest absolute Gasteiger partial charge is 0.0654 e. The summed E-state index contributed by atoms with van der Waals surface area (Å²) in [6, 6.07) is 0. The molecule has 0 aliphatic carbocycles. The topological polar surface area (TPSA) is 0 Å². The lowest BCUT2D eigenvalue weighted by Gasteiger charge is -2.05. The lowest BCUT2D eigenvalue weighted by molar-refractivity contribution is 0.469. The maximum absolute atomic E-state index is 2.25. The van der Waals surface area contributed by atoms with E-state index >= 15 is 0 Å². The molecule has 0 aromatic heterocycles. The fraction of sp³-hybridized carbons (Fsp3) is 1.00. The molecule has 0 unspecified atom stereocenters. The van der Waals surface area contributed by atoms with Gasteiger partial charge in [-0.05, 0) is 5.41 Å². The highest BCUT2D eigenvalue weighted by Crippen LogP contribution is 2.08. The summed E-state index contributed by atoms with van der Waals surface area (Å²) in [5, 5.41) is 0. The molecule has 0 fully saturated rings. The first-order chi connectivity index (χ1) is 5.41. The van der Waals surface area contributed by atoms with Crippen LogP contribution in [0.3, 0.4) is 0 Å². The van der Waals surface area contributed by atoms with Crippen molar-refractivity contribution >= 4 is 0 Å². The molecule has 0 rings (SSSR count). The van der Waals surface area contributed by atoms with E-state index in [0.717, 1.165) is 0 Å². The third kappa shape index (κ3) is 50.6. The van der Waals surface area contributed by atoms with E-state index in [1.165, 1.54) is 32.1 Å². The van der Waals surface area contributed by atoms with E-state index in [0.29, 0.717) is 5.41 Å². The van der Waals surface area contributed by atoms with E-state index < -0.39 is 0 Å². The maximum atomic E-state index is 2.25. The highest BCUT2D eigenvalue weighted by molar-refractivity contribution is 4.47. The summed E-state index contributed by atoms with van der Waals surface area (Å²) in [6.45, 7) is 13.2. The summed E-state index contributed by atoms with van der Waals surface area (Å²) in [7, 11) is 0. The Morgan fingerprint density at radius 2 is 0.917 bits per heavy atom. The molecule has 0 nitrogen and oxygen atoms in total. The Labute approximate surface area is 79.8 Å². The highest BCUT2D eigenvalue weighted by Gasteiger charge is 1.95. The van der Waals surface area contributed by atoms with Crippen molar-refractivity contribution in [2.75, 3.05) is 0 Å². The third-order valence-corrected chi connectivity index (χ3v) is 1.21. The molecule has 0 aliphatic heterocycles. The molecule has 0 N–H and O–H groups in total. The monoisotopic (exact) mass is 172 g/mol. The normalized spacial score (nSPS) is 10.5. The fourth-order valence-corrected chi connectivity index (χ4v) is 0.677. The van der Waals surface area contributed by atoms with Crippen molar-refractivity contribution < 1.29 is 0 Å². The van der Waals surface area contributed by atoms with Gasteiger partial charge in [0.2, 0.25) is 0 Å². The van der Waals surface area contributed by atoms with E-state index in [9.17, 15) is 0 Å². The zero-order chi connectivity index (χ0) is 10.0. The van der Waals surface area contributed by atoms with Gasteiger partial charge in [-0.3, -0.25) is 0 Å². The van der Waals surface area contributed by atoms with Crippen LogP contribution in [0.4, 0.5) is 0 Å². The summed E-state index contributed by atoms with van der Waals surface area (Å²) >= 11 is 0. The van der Waals surface area contributed by atoms with Crippen LogP contribution in [0.25, 0.3) is 0 Å². The number of unbranched alkanes of at least 4 members (excludes halogenated alkanes) is 4. The molecule has 0 aromatic carbocycles. The fourth-order valence-electron chi connectivity index (χ4n) is 0.677. The van der Waals surface area contributed by atoms with Crippen LogP contribution in [0.5, 0.6) is 0 Å². The van der Waals surface area contributed by atoms with Crippen molar-refractivity contribution in [2.45, 2.75) is 73.6 Å². The molecular weight excluding hydrogens is 144 g/mol. The van der Waals surface area contributed by atoms with Gasteiger partial charge >= 0.3 is 0 Å². The van der Waals surface area contributed by atoms with Gasteiger partial charge in [0, 0.05) is 0 Å². The van der Waals surface area contributed by atoms with Crippen LogP contribution in [0, 0.1) is 5.41 Å². The predicted octanol–water partition coefficient (Wildman–Crippen LogP) is 5.03. The van der Waals surface area contributed by atoms with Crippen LogP contribution in [0.15, 0.2) is 0 Å².